The van der Waals surface area contributed by atoms with Crippen LogP contribution in [0, 0.1) is 5.41 Å². The zero-order valence-electron chi connectivity index (χ0n) is 13.5. The van der Waals surface area contributed by atoms with Gasteiger partial charge in [0.25, 0.3) is 0 Å². The van der Waals surface area contributed by atoms with Crippen LogP contribution in [0.3, 0.4) is 0 Å². The molecule has 1 saturated heterocycles. The third-order valence-electron chi connectivity index (χ3n) is 4.84. The molecular weight excluding hydrogens is 379 g/mol. The maximum Gasteiger partial charge on any atom is 0.191 e. The molecule has 0 aromatic carbocycles. The van der Waals surface area contributed by atoms with Gasteiger partial charge in [-0.05, 0) is 24.7 Å². The zero-order valence-corrected chi connectivity index (χ0v) is 15.8. The minimum Gasteiger partial charge on any atom is -0.379 e. The Bertz CT molecular complexity index is 309. The molecule has 0 unspecified atom stereocenters. The molecule has 0 amide bonds. The van der Waals surface area contributed by atoms with E-state index in [1.807, 2.05) is 7.05 Å². The summed E-state index contributed by atoms with van der Waals surface area (Å²) in [7, 11) is 1.85. The Morgan fingerprint density at radius 3 is 2.48 bits per heavy atom. The predicted molar refractivity (Wildman–Crippen MR) is 98.6 cm³/mol. The molecular formula is C15H31IN4O. The highest BCUT2D eigenvalue weighted by Crippen LogP contribution is 2.42. The fourth-order valence-electron chi connectivity index (χ4n) is 2.98. The number of ether oxygens (including phenoxy) is 1. The molecule has 0 bridgehead atoms. The summed E-state index contributed by atoms with van der Waals surface area (Å²) >= 11 is 0. The number of morpholine rings is 1. The lowest BCUT2D eigenvalue weighted by Crippen LogP contribution is -2.48. The van der Waals surface area contributed by atoms with Gasteiger partial charge in [0.2, 0.25) is 0 Å². The van der Waals surface area contributed by atoms with Gasteiger partial charge in [-0.3, -0.25) is 9.89 Å². The van der Waals surface area contributed by atoms with Gasteiger partial charge in [0.15, 0.2) is 5.96 Å². The van der Waals surface area contributed by atoms with E-state index in [-0.39, 0.29) is 24.0 Å². The minimum atomic E-state index is 0. The van der Waals surface area contributed by atoms with E-state index in [9.17, 15) is 0 Å². The Morgan fingerprint density at radius 2 is 1.95 bits per heavy atom. The first-order valence-electron chi connectivity index (χ1n) is 8.03. The summed E-state index contributed by atoms with van der Waals surface area (Å²) in [6.45, 7) is 9.19. The predicted octanol–water partition coefficient (Wildman–Crippen LogP) is 1.68. The summed E-state index contributed by atoms with van der Waals surface area (Å²) in [4.78, 5) is 6.75. The van der Waals surface area contributed by atoms with Crippen molar-refractivity contribution in [3.8, 4) is 0 Å². The topological polar surface area (TPSA) is 48.9 Å². The zero-order chi connectivity index (χ0) is 14.3. The molecule has 6 heteroatoms. The molecule has 2 rings (SSSR count). The van der Waals surface area contributed by atoms with E-state index in [0.717, 1.165) is 51.9 Å². The van der Waals surface area contributed by atoms with Crippen LogP contribution in [0.4, 0.5) is 0 Å². The summed E-state index contributed by atoms with van der Waals surface area (Å²) in [5.74, 6) is 0.943. The first-order valence-corrected chi connectivity index (χ1v) is 8.03. The van der Waals surface area contributed by atoms with Crippen LogP contribution in [0.1, 0.15) is 32.6 Å². The van der Waals surface area contributed by atoms with Crippen molar-refractivity contribution in [2.24, 2.45) is 10.4 Å². The SMILES string of the molecule is CCC1(CNC(=NC)NCCN2CCOCC2)CCC1.I. The minimum absolute atomic E-state index is 0. The van der Waals surface area contributed by atoms with E-state index >= 15 is 0 Å². The van der Waals surface area contributed by atoms with Gasteiger partial charge in [-0.2, -0.15) is 0 Å². The third-order valence-corrected chi connectivity index (χ3v) is 4.84. The van der Waals surface area contributed by atoms with Crippen LogP contribution in [0.15, 0.2) is 4.99 Å². The molecule has 1 heterocycles. The van der Waals surface area contributed by atoms with Crippen molar-refractivity contribution >= 4 is 29.9 Å². The molecule has 2 aliphatic rings. The second-order valence-corrected chi connectivity index (χ2v) is 6.01. The van der Waals surface area contributed by atoms with E-state index in [2.05, 4.69) is 27.4 Å². The molecule has 21 heavy (non-hydrogen) atoms. The van der Waals surface area contributed by atoms with Gasteiger partial charge in [-0.25, -0.2) is 0 Å². The highest BCUT2D eigenvalue weighted by atomic mass is 127. The van der Waals surface area contributed by atoms with Crippen molar-refractivity contribution < 1.29 is 4.74 Å². The van der Waals surface area contributed by atoms with Crippen molar-refractivity contribution in [1.82, 2.24) is 15.5 Å². The molecule has 1 aliphatic carbocycles. The smallest absolute Gasteiger partial charge is 0.191 e. The van der Waals surface area contributed by atoms with Gasteiger partial charge in [-0.1, -0.05) is 13.3 Å². The van der Waals surface area contributed by atoms with Crippen LogP contribution in [-0.4, -0.2) is 63.8 Å². The molecule has 1 saturated carbocycles. The van der Waals surface area contributed by atoms with Crippen molar-refractivity contribution in [3.63, 3.8) is 0 Å². The van der Waals surface area contributed by atoms with Crippen LogP contribution in [0.5, 0.6) is 0 Å². The molecule has 0 aromatic rings. The molecule has 0 atom stereocenters. The van der Waals surface area contributed by atoms with Crippen molar-refractivity contribution in [3.05, 3.63) is 0 Å². The summed E-state index contributed by atoms with van der Waals surface area (Å²) < 4.78 is 5.36. The van der Waals surface area contributed by atoms with Crippen LogP contribution >= 0.6 is 24.0 Å². The maximum atomic E-state index is 5.36. The van der Waals surface area contributed by atoms with E-state index in [0.29, 0.717) is 5.41 Å². The van der Waals surface area contributed by atoms with E-state index in [1.54, 1.807) is 0 Å². The number of aliphatic imine (C=N–C) groups is 1. The average molecular weight is 410 g/mol. The highest BCUT2D eigenvalue weighted by molar-refractivity contribution is 14.0. The molecule has 0 spiro atoms. The van der Waals surface area contributed by atoms with E-state index in [1.165, 1.54) is 25.7 Å². The Hall–Kier alpha value is -0.0800. The molecule has 1 aliphatic heterocycles. The van der Waals surface area contributed by atoms with Crippen molar-refractivity contribution in [1.29, 1.82) is 0 Å². The van der Waals surface area contributed by atoms with Crippen LogP contribution in [-0.2, 0) is 4.74 Å². The number of nitrogens with one attached hydrogen (secondary N) is 2. The normalized spacial score (nSPS) is 22.1. The maximum absolute atomic E-state index is 5.36. The summed E-state index contributed by atoms with van der Waals surface area (Å²) in [5, 5.41) is 6.91. The highest BCUT2D eigenvalue weighted by Gasteiger charge is 2.34. The Balaban J connectivity index is 0.00000220. The van der Waals surface area contributed by atoms with Crippen LogP contribution in [0.2, 0.25) is 0 Å². The summed E-state index contributed by atoms with van der Waals surface area (Å²) in [6, 6.07) is 0. The van der Waals surface area contributed by atoms with E-state index in [4.69, 9.17) is 4.74 Å². The number of rotatable bonds is 6. The molecule has 2 fully saturated rings. The van der Waals surface area contributed by atoms with Crippen LogP contribution in [0.25, 0.3) is 0 Å². The molecule has 124 valence electrons. The lowest BCUT2D eigenvalue weighted by Gasteiger charge is -2.41. The number of nitrogens with zero attached hydrogens (tertiary/aromatic N) is 2. The van der Waals surface area contributed by atoms with Crippen molar-refractivity contribution in [2.75, 3.05) is 53.0 Å². The Labute approximate surface area is 146 Å². The second kappa shape index (κ2) is 9.84. The van der Waals surface area contributed by atoms with Gasteiger partial charge in [-0.15, -0.1) is 24.0 Å². The van der Waals surface area contributed by atoms with Gasteiger partial charge in [0, 0.05) is 39.8 Å². The second-order valence-electron chi connectivity index (χ2n) is 6.01. The van der Waals surface area contributed by atoms with Crippen molar-refractivity contribution in [2.45, 2.75) is 32.6 Å². The standard InChI is InChI=1S/C15H30N4O.HI/c1-3-15(5-4-6-15)13-18-14(16-2)17-7-8-19-9-11-20-12-10-19;/h3-13H2,1-2H3,(H2,16,17,18);1H. The van der Waals surface area contributed by atoms with Gasteiger partial charge in [0.1, 0.15) is 0 Å². The van der Waals surface area contributed by atoms with Gasteiger partial charge in [0.05, 0.1) is 13.2 Å². The number of halogens is 1. The average Bonchev–Trinajstić information content (AvgIpc) is 2.45. The first kappa shape index (κ1) is 19.0. The fraction of sp³-hybridized carbons (Fsp3) is 0.933. The largest absolute Gasteiger partial charge is 0.379 e. The Kier molecular flexibility index (Phi) is 8.89. The quantitative estimate of drug-likeness (QED) is 0.398. The molecule has 0 radical (unpaired) electrons. The lowest BCUT2D eigenvalue weighted by molar-refractivity contribution is 0.0389. The summed E-state index contributed by atoms with van der Waals surface area (Å²) in [6.07, 6.45) is 5.38. The number of hydrogen-bond acceptors (Lipinski definition) is 3. The lowest BCUT2D eigenvalue weighted by atomic mass is 9.67. The number of hydrogen-bond donors (Lipinski definition) is 2. The molecule has 5 nitrogen and oxygen atoms in total. The third kappa shape index (κ3) is 5.90. The van der Waals surface area contributed by atoms with Crippen LogP contribution < -0.4 is 10.6 Å². The Morgan fingerprint density at radius 1 is 1.24 bits per heavy atom. The van der Waals surface area contributed by atoms with Gasteiger partial charge < -0.3 is 15.4 Å². The fourth-order valence-corrected chi connectivity index (χ4v) is 2.98. The molecule has 2 N–H and O–H groups in total. The monoisotopic (exact) mass is 410 g/mol. The van der Waals surface area contributed by atoms with E-state index < -0.39 is 0 Å². The first-order chi connectivity index (χ1) is 9.78. The summed E-state index contributed by atoms with van der Waals surface area (Å²) in [5.41, 5.74) is 0.530. The molecule has 0 aromatic heterocycles. The van der Waals surface area contributed by atoms with Gasteiger partial charge >= 0.3 is 0 Å². The number of guanidine groups is 1.